The monoisotopic (exact) mass is 658 g/mol. The van der Waals surface area contributed by atoms with E-state index in [-0.39, 0.29) is 24.5 Å². The molecule has 0 radical (unpaired) electrons. The number of phenols is 1. The third-order valence-corrected chi connectivity index (χ3v) is 7.05. The van der Waals surface area contributed by atoms with Crippen molar-refractivity contribution in [3.05, 3.63) is 65.7 Å². The number of hydrogen-bond donors (Lipinski definition) is 10. The van der Waals surface area contributed by atoms with Crippen molar-refractivity contribution in [3.63, 3.8) is 0 Å². The van der Waals surface area contributed by atoms with Crippen molar-refractivity contribution in [3.8, 4) is 5.75 Å². The fraction of sp³-hybridized carbons (Fsp3) is 0.469. The number of nitrogens with two attached hydrogens (primary N) is 1. The maximum atomic E-state index is 13.5. The van der Waals surface area contributed by atoms with Crippen LogP contribution in [0.4, 0.5) is 0 Å². The number of aliphatic hydroxyl groups excluding tert-OH is 2. The number of carbonyl (C=O) groups is 5. The minimum Gasteiger partial charge on any atom is -0.508 e. The summed E-state index contributed by atoms with van der Waals surface area (Å²) in [5.41, 5.74) is 7.32. The lowest BCUT2D eigenvalue weighted by molar-refractivity contribution is -0.143. The third-order valence-electron chi connectivity index (χ3n) is 7.05. The fourth-order valence-electron chi connectivity index (χ4n) is 4.59. The average molecular weight is 659 g/mol. The van der Waals surface area contributed by atoms with Crippen LogP contribution in [0.15, 0.2) is 54.6 Å². The topological polar surface area (TPSA) is 252 Å². The van der Waals surface area contributed by atoms with Gasteiger partial charge in [0.2, 0.25) is 23.6 Å². The molecule has 15 nitrogen and oxygen atoms in total. The van der Waals surface area contributed by atoms with E-state index < -0.39 is 79.2 Å². The first-order valence-electron chi connectivity index (χ1n) is 15.2. The van der Waals surface area contributed by atoms with Gasteiger partial charge in [-0.25, -0.2) is 0 Å². The van der Waals surface area contributed by atoms with Gasteiger partial charge in [-0.2, -0.15) is 0 Å². The van der Waals surface area contributed by atoms with Crippen molar-refractivity contribution in [2.24, 2.45) is 11.7 Å². The highest BCUT2D eigenvalue weighted by Gasteiger charge is 2.30. The Morgan fingerprint density at radius 3 is 1.96 bits per heavy atom. The normalized spacial score (nSPS) is 15.0. The molecule has 0 spiro atoms. The predicted octanol–water partition coefficient (Wildman–Crippen LogP) is -1.51. The quantitative estimate of drug-likeness (QED) is 0.0777. The van der Waals surface area contributed by atoms with E-state index in [1.807, 2.05) is 13.8 Å². The molecule has 0 saturated carbocycles. The van der Waals surface area contributed by atoms with Crippen LogP contribution in [0.25, 0.3) is 0 Å². The number of carboxylic acids is 1. The molecule has 258 valence electrons. The summed E-state index contributed by atoms with van der Waals surface area (Å²) in [5.74, 6) is -4.20. The summed E-state index contributed by atoms with van der Waals surface area (Å²) in [6.07, 6.45) is -1.64. The lowest BCUT2D eigenvalue weighted by Crippen LogP contribution is -2.60. The molecule has 0 heterocycles. The zero-order chi connectivity index (χ0) is 35.1. The molecule has 0 aliphatic rings. The Kier molecular flexibility index (Phi) is 15.8. The van der Waals surface area contributed by atoms with Crippen LogP contribution >= 0.6 is 0 Å². The predicted molar refractivity (Wildman–Crippen MR) is 172 cm³/mol. The first kappa shape index (κ1) is 38.6. The van der Waals surface area contributed by atoms with Gasteiger partial charge in [-0.05, 0) is 48.9 Å². The smallest absolute Gasteiger partial charge is 0.323 e. The molecular weight excluding hydrogens is 612 g/mol. The van der Waals surface area contributed by atoms with Crippen LogP contribution in [0.1, 0.15) is 38.3 Å². The molecule has 4 amide bonds. The van der Waals surface area contributed by atoms with E-state index in [1.165, 1.54) is 19.1 Å². The molecule has 2 aromatic rings. The second-order valence-corrected chi connectivity index (χ2v) is 11.7. The van der Waals surface area contributed by atoms with Crippen molar-refractivity contribution in [1.82, 2.24) is 26.6 Å². The van der Waals surface area contributed by atoms with Crippen LogP contribution in [0.5, 0.6) is 5.75 Å². The molecular formula is C32H46N6O9. The van der Waals surface area contributed by atoms with E-state index in [0.717, 1.165) is 0 Å². The van der Waals surface area contributed by atoms with E-state index in [0.29, 0.717) is 17.5 Å². The molecule has 0 aromatic heterocycles. The highest BCUT2D eigenvalue weighted by Crippen LogP contribution is 2.11. The Balaban J connectivity index is 2.06. The molecule has 0 aliphatic carbocycles. The van der Waals surface area contributed by atoms with Crippen LogP contribution in [0, 0.1) is 5.92 Å². The molecule has 0 saturated heterocycles. The second-order valence-electron chi connectivity index (χ2n) is 11.7. The van der Waals surface area contributed by atoms with E-state index in [2.05, 4.69) is 26.6 Å². The van der Waals surface area contributed by atoms with Crippen LogP contribution in [-0.2, 0) is 36.8 Å². The van der Waals surface area contributed by atoms with Crippen LogP contribution in [0.3, 0.4) is 0 Å². The van der Waals surface area contributed by atoms with Gasteiger partial charge in [-0.1, -0.05) is 56.3 Å². The van der Waals surface area contributed by atoms with Crippen molar-refractivity contribution < 1.29 is 44.4 Å². The number of phenolic OH excluding ortho intramolecular Hbond substituents is 1. The molecule has 47 heavy (non-hydrogen) atoms. The summed E-state index contributed by atoms with van der Waals surface area (Å²) in [7, 11) is 0. The van der Waals surface area contributed by atoms with E-state index in [1.54, 1.807) is 42.5 Å². The minimum absolute atomic E-state index is 0.0240. The van der Waals surface area contributed by atoms with Gasteiger partial charge in [-0.15, -0.1) is 0 Å². The Labute approximate surface area is 273 Å². The van der Waals surface area contributed by atoms with Crippen LogP contribution in [-0.4, -0.2) is 99.6 Å². The number of aromatic hydroxyl groups is 1. The van der Waals surface area contributed by atoms with E-state index >= 15 is 0 Å². The van der Waals surface area contributed by atoms with Gasteiger partial charge in [0.15, 0.2) is 0 Å². The van der Waals surface area contributed by atoms with E-state index in [4.69, 9.17) is 5.73 Å². The van der Waals surface area contributed by atoms with Gasteiger partial charge in [0, 0.05) is 6.42 Å². The standard InChI is InChI=1S/C32H46N6O9/c1-18(2)13-26(37-28(19(3)40)32(46)47)38-31(45)24(15-20-7-5-4-6-8-20)35-27(42)16-34-30(44)25(17-39)36-29(43)23(33)14-21-9-11-22(41)12-10-21/h4-12,18-19,23-26,28,37,39-41H,13-17,33H2,1-3H3,(H,34,44)(H,35,42)(H,36,43)(H,38,45)(H,46,47)/t19-,23+,24+,25-,26+,28+/m1/s1. The van der Waals surface area contributed by atoms with Crippen molar-refractivity contribution in [1.29, 1.82) is 0 Å². The lowest BCUT2D eigenvalue weighted by Gasteiger charge is -2.29. The number of amides is 4. The van der Waals surface area contributed by atoms with Gasteiger partial charge in [0.05, 0.1) is 31.5 Å². The highest BCUT2D eigenvalue weighted by atomic mass is 16.4. The zero-order valence-electron chi connectivity index (χ0n) is 26.7. The van der Waals surface area contributed by atoms with Gasteiger partial charge in [0.25, 0.3) is 0 Å². The maximum absolute atomic E-state index is 13.5. The zero-order valence-corrected chi connectivity index (χ0v) is 26.7. The third kappa shape index (κ3) is 13.8. The lowest BCUT2D eigenvalue weighted by atomic mass is 10.0. The number of hydrogen-bond acceptors (Lipinski definition) is 10. The van der Waals surface area contributed by atoms with Crippen molar-refractivity contribution >= 4 is 29.6 Å². The number of rotatable bonds is 19. The number of nitrogens with one attached hydrogen (secondary N) is 5. The molecule has 0 fully saturated rings. The Morgan fingerprint density at radius 1 is 0.787 bits per heavy atom. The molecule has 15 heteroatoms. The largest absolute Gasteiger partial charge is 0.508 e. The molecule has 2 aromatic carbocycles. The Morgan fingerprint density at radius 2 is 1.40 bits per heavy atom. The molecule has 0 bridgehead atoms. The van der Waals surface area contributed by atoms with Crippen LogP contribution in [0.2, 0.25) is 0 Å². The molecule has 0 aliphatic heterocycles. The Hall–Kier alpha value is -4.57. The number of aliphatic hydroxyl groups is 2. The summed E-state index contributed by atoms with van der Waals surface area (Å²) in [6, 6.07) is 9.90. The summed E-state index contributed by atoms with van der Waals surface area (Å²) < 4.78 is 0. The van der Waals surface area contributed by atoms with Crippen molar-refractivity contribution in [2.45, 2.75) is 76.5 Å². The number of carboxylic acid groups (broad SMARTS) is 1. The molecule has 11 N–H and O–H groups in total. The molecule has 2 rings (SSSR count). The molecule has 6 atom stereocenters. The Bertz CT molecular complexity index is 1320. The summed E-state index contributed by atoms with van der Waals surface area (Å²) >= 11 is 0. The second kappa shape index (κ2) is 19.2. The first-order valence-corrected chi connectivity index (χ1v) is 15.2. The maximum Gasteiger partial charge on any atom is 0.323 e. The number of benzene rings is 2. The number of carbonyl (C=O) groups excluding carboxylic acids is 4. The summed E-state index contributed by atoms with van der Waals surface area (Å²) in [4.78, 5) is 63.3. The van der Waals surface area contributed by atoms with Crippen LogP contribution < -0.4 is 32.3 Å². The average Bonchev–Trinajstić information content (AvgIpc) is 3.01. The van der Waals surface area contributed by atoms with Crippen molar-refractivity contribution in [2.75, 3.05) is 13.2 Å². The van der Waals surface area contributed by atoms with Gasteiger partial charge >= 0.3 is 5.97 Å². The minimum atomic E-state index is -1.41. The highest BCUT2D eigenvalue weighted by molar-refractivity contribution is 5.93. The summed E-state index contributed by atoms with van der Waals surface area (Å²) in [5, 5.41) is 51.3. The SMILES string of the molecule is CC(C)C[C@H](NC(=O)[C@H](Cc1ccccc1)NC(=O)CNC(=O)[C@@H](CO)NC(=O)[C@@H](N)Cc1ccc(O)cc1)N[C@H](C(=O)O)[C@@H](C)O. The van der Waals surface area contributed by atoms with Gasteiger partial charge < -0.3 is 47.4 Å². The summed E-state index contributed by atoms with van der Waals surface area (Å²) in [6.45, 7) is 3.68. The van der Waals surface area contributed by atoms with Gasteiger partial charge in [-0.3, -0.25) is 29.3 Å². The fourth-order valence-corrected chi connectivity index (χ4v) is 4.59. The molecule has 0 unspecified atom stereocenters. The van der Waals surface area contributed by atoms with Gasteiger partial charge in [0.1, 0.15) is 23.9 Å². The number of aliphatic carboxylic acids is 1. The first-order chi connectivity index (χ1) is 22.2. The van der Waals surface area contributed by atoms with E-state index in [9.17, 15) is 44.4 Å².